The zero-order valence-electron chi connectivity index (χ0n) is 11.0. The number of amides is 1. The number of rotatable bonds is 2. The van der Waals surface area contributed by atoms with Gasteiger partial charge in [0.25, 0.3) is 5.91 Å². The molecule has 1 saturated heterocycles. The molecule has 21 heavy (non-hydrogen) atoms. The molecule has 2 rings (SSSR count). The average Bonchev–Trinajstić information content (AvgIpc) is 2.83. The van der Waals surface area contributed by atoms with Crippen LogP contribution in [0.1, 0.15) is 16.1 Å². The van der Waals surface area contributed by atoms with Gasteiger partial charge in [-0.05, 0) is 6.92 Å². The Bertz CT molecular complexity index is 576. The Morgan fingerprint density at radius 3 is 2.52 bits per heavy atom. The van der Waals surface area contributed by atoms with Gasteiger partial charge in [-0.3, -0.25) is 9.59 Å². The molecule has 6 nitrogen and oxygen atoms in total. The fraction of sp³-hybridized carbons (Fsp3) is 0.500. The monoisotopic (exact) mass is 303 g/mol. The fourth-order valence-corrected chi connectivity index (χ4v) is 2.32. The highest BCUT2D eigenvalue weighted by Gasteiger charge is 2.53. The maximum atomic E-state index is 12.9. The number of hydrogen-bond donors (Lipinski definition) is 1. The van der Waals surface area contributed by atoms with Gasteiger partial charge in [0.05, 0.1) is 23.1 Å². The van der Waals surface area contributed by atoms with Gasteiger partial charge in [-0.25, -0.2) is 9.97 Å². The minimum Gasteiger partial charge on any atom is -0.481 e. The lowest BCUT2D eigenvalue weighted by Gasteiger charge is -2.18. The smallest absolute Gasteiger partial charge is 0.394 e. The van der Waals surface area contributed by atoms with Crippen LogP contribution in [0.3, 0.4) is 0 Å². The lowest BCUT2D eigenvalue weighted by molar-refractivity contribution is -0.187. The van der Waals surface area contributed by atoms with Crippen molar-refractivity contribution in [1.82, 2.24) is 14.9 Å². The van der Waals surface area contributed by atoms with E-state index in [2.05, 4.69) is 9.97 Å². The zero-order chi connectivity index (χ0) is 15.8. The predicted octanol–water partition coefficient (Wildman–Crippen LogP) is 1.12. The first-order valence-electron chi connectivity index (χ1n) is 6.07. The first-order chi connectivity index (χ1) is 9.71. The highest BCUT2D eigenvalue weighted by Crippen LogP contribution is 2.38. The van der Waals surface area contributed by atoms with Gasteiger partial charge in [-0.15, -0.1) is 0 Å². The largest absolute Gasteiger partial charge is 0.481 e. The van der Waals surface area contributed by atoms with Crippen LogP contribution in [0, 0.1) is 18.8 Å². The Labute approximate surface area is 117 Å². The summed E-state index contributed by atoms with van der Waals surface area (Å²) in [5.74, 6) is -5.97. The molecular formula is C12H12F3N3O3. The summed E-state index contributed by atoms with van der Waals surface area (Å²) in [5.41, 5.74) is 0.404. The molecular weight excluding hydrogens is 291 g/mol. The lowest BCUT2D eigenvalue weighted by atomic mass is 9.96. The minimum atomic E-state index is -4.67. The lowest BCUT2D eigenvalue weighted by Crippen LogP contribution is -2.34. The quantitative estimate of drug-likeness (QED) is 0.885. The van der Waals surface area contributed by atoms with Crippen LogP contribution in [0.15, 0.2) is 12.5 Å². The molecule has 0 aliphatic carbocycles. The van der Waals surface area contributed by atoms with E-state index in [1.807, 2.05) is 0 Å². The summed E-state index contributed by atoms with van der Waals surface area (Å²) in [5, 5.41) is 8.91. The number of likely N-dealkylation sites (tertiary alicyclic amines) is 1. The number of hydrogen-bond acceptors (Lipinski definition) is 4. The van der Waals surface area contributed by atoms with Crippen molar-refractivity contribution < 1.29 is 27.9 Å². The van der Waals surface area contributed by atoms with Crippen LogP contribution in [-0.2, 0) is 4.79 Å². The second kappa shape index (κ2) is 5.30. The summed E-state index contributed by atoms with van der Waals surface area (Å²) < 4.78 is 38.6. The van der Waals surface area contributed by atoms with Crippen molar-refractivity contribution >= 4 is 11.9 Å². The predicted molar refractivity (Wildman–Crippen MR) is 63.3 cm³/mol. The zero-order valence-corrected chi connectivity index (χ0v) is 11.0. The Morgan fingerprint density at radius 2 is 2.05 bits per heavy atom. The van der Waals surface area contributed by atoms with Crippen molar-refractivity contribution in [2.75, 3.05) is 13.1 Å². The van der Waals surface area contributed by atoms with Crippen LogP contribution in [-0.4, -0.2) is 51.1 Å². The van der Waals surface area contributed by atoms with E-state index < -0.39 is 43.0 Å². The standard InChI is InChI=1S/C12H12F3N3O3/c1-6-7(2-16-5-17-6)10(19)18-3-8(11(20)21)9(4-18)12(13,14)15/h2,5,8-9H,3-4H2,1H3,(H,20,21)/t8-,9-/m1/s1. The second-order valence-electron chi connectivity index (χ2n) is 4.82. The highest BCUT2D eigenvalue weighted by molar-refractivity contribution is 5.95. The molecule has 0 aromatic carbocycles. The molecule has 1 fully saturated rings. The van der Waals surface area contributed by atoms with Crippen LogP contribution in [0.4, 0.5) is 13.2 Å². The number of nitrogens with zero attached hydrogens (tertiary/aromatic N) is 3. The van der Waals surface area contributed by atoms with Crippen LogP contribution in [0.2, 0.25) is 0 Å². The maximum absolute atomic E-state index is 12.9. The fourth-order valence-electron chi connectivity index (χ4n) is 2.32. The molecule has 1 amide bonds. The van der Waals surface area contributed by atoms with Gasteiger partial charge in [0.15, 0.2) is 0 Å². The summed E-state index contributed by atoms with van der Waals surface area (Å²) in [6.07, 6.45) is -2.24. The number of aliphatic carboxylic acids is 1. The van der Waals surface area contributed by atoms with Gasteiger partial charge in [0.2, 0.25) is 0 Å². The molecule has 0 radical (unpaired) electrons. The molecule has 1 aromatic rings. The topological polar surface area (TPSA) is 83.4 Å². The van der Waals surface area contributed by atoms with Crippen LogP contribution in [0.25, 0.3) is 0 Å². The normalized spacial score (nSPS) is 22.4. The molecule has 114 valence electrons. The van der Waals surface area contributed by atoms with Gasteiger partial charge in [-0.1, -0.05) is 0 Å². The first-order valence-corrected chi connectivity index (χ1v) is 6.07. The molecule has 9 heteroatoms. The van der Waals surface area contributed by atoms with Crippen molar-refractivity contribution in [3.05, 3.63) is 23.8 Å². The number of carbonyl (C=O) groups is 2. The Balaban J connectivity index is 2.25. The number of aromatic nitrogens is 2. The third-order valence-electron chi connectivity index (χ3n) is 3.49. The Hall–Kier alpha value is -2.19. The van der Waals surface area contributed by atoms with E-state index in [-0.39, 0.29) is 5.56 Å². The van der Waals surface area contributed by atoms with E-state index in [4.69, 9.17) is 5.11 Å². The number of carbonyl (C=O) groups excluding carboxylic acids is 1. The molecule has 0 bridgehead atoms. The number of carboxylic acids is 1. The van der Waals surface area contributed by atoms with E-state index in [1.165, 1.54) is 19.4 Å². The number of aryl methyl sites for hydroxylation is 1. The van der Waals surface area contributed by atoms with E-state index in [1.54, 1.807) is 0 Å². The summed E-state index contributed by atoms with van der Waals surface area (Å²) >= 11 is 0. The van der Waals surface area contributed by atoms with Gasteiger partial charge in [0, 0.05) is 19.3 Å². The van der Waals surface area contributed by atoms with Gasteiger partial charge < -0.3 is 10.0 Å². The number of alkyl halides is 3. The second-order valence-corrected chi connectivity index (χ2v) is 4.82. The average molecular weight is 303 g/mol. The number of halogens is 3. The molecule has 1 aliphatic heterocycles. The van der Waals surface area contributed by atoms with E-state index >= 15 is 0 Å². The van der Waals surface area contributed by atoms with Gasteiger partial charge >= 0.3 is 12.1 Å². The van der Waals surface area contributed by atoms with Crippen LogP contribution in [0.5, 0.6) is 0 Å². The highest BCUT2D eigenvalue weighted by atomic mass is 19.4. The van der Waals surface area contributed by atoms with E-state index in [9.17, 15) is 22.8 Å². The molecule has 2 heterocycles. The molecule has 1 aromatic heterocycles. The first kappa shape index (κ1) is 15.2. The minimum absolute atomic E-state index is 0.0736. The molecule has 0 unspecified atom stereocenters. The third kappa shape index (κ3) is 2.96. The van der Waals surface area contributed by atoms with E-state index in [0.717, 1.165) is 4.90 Å². The Kier molecular flexibility index (Phi) is 3.84. The molecule has 0 spiro atoms. The summed E-state index contributed by atoms with van der Waals surface area (Å²) in [7, 11) is 0. The molecule has 2 atom stereocenters. The maximum Gasteiger partial charge on any atom is 0.394 e. The Morgan fingerprint density at radius 1 is 1.38 bits per heavy atom. The molecule has 0 saturated carbocycles. The van der Waals surface area contributed by atoms with Crippen LogP contribution < -0.4 is 0 Å². The van der Waals surface area contributed by atoms with Gasteiger partial charge in [0.1, 0.15) is 6.33 Å². The molecule has 1 aliphatic rings. The van der Waals surface area contributed by atoms with Crippen molar-refractivity contribution in [3.8, 4) is 0 Å². The van der Waals surface area contributed by atoms with Gasteiger partial charge in [-0.2, -0.15) is 13.2 Å². The summed E-state index contributed by atoms with van der Waals surface area (Å²) in [4.78, 5) is 31.5. The third-order valence-corrected chi connectivity index (χ3v) is 3.49. The SMILES string of the molecule is Cc1ncncc1C(=O)N1C[C@@H](C(F)(F)F)[C@H](C(=O)O)C1. The van der Waals surface area contributed by atoms with Crippen molar-refractivity contribution in [2.45, 2.75) is 13.1 Å². The van der Waals surface area contributed by atoms with E-state index in [0.29, 0.717) is 5.69 Å². The number of carboxylic acid groups (broad SMARTS) is 1. The van der Waals surface area contributed by atoms with Crippen LogP contribution >= 0.6 is 0 Å². The molecule has 1 N–H and O–H groups in total. The van der Waals surface area contributed by atoms with Crippen molar-refractivity contribution in [3.63, 3.8) is 0 Å². The summed E-state index contributed by atoms with van der Waals surface area (Å²) in [6, 6.07) is 0. The summed E-state index contributed by atoms with van der Waals surface area (Å²) in [6.45, 7) is 0.376. The van der Waals surface area contributed by atoms with Crippen molar-refractivity contribution in [2.24, 2.45) is 11.8 Å². The van der Waals surface area contributed by atoms with Crippen molar-refractivity contribution in [1.29, 1.82) is 0 Å².